The van der Waals surface area contributed by atoms with Gasteiger partial charge in [-0.3, -0.25) is 0 Å². The fourth-order valence-corrected chi connectivity index (χ4v) is 3.51. The first kappa shape index (κ1) is 27.2. The Hall–Kier alpha value is -0.846. The summed E-state index contributed by atoms with van der Waals surface area (Å²) in [6, 6.07) is 19.4. The second-order valence-corrected chi connectivity index (χ2v) is 8.46. The Bertz CT molecular complexity index is 656. The van der Waals surface area contributed by atoms with Gasteiger partial charge < -0.3 is 0 Å². The van der Waals surface area contributed by atoms with Crippen LogP contribution in [-0.2, 0) is 32.7 Å². The molecule has 0 unspecified atom stereocenters. The maximum absolute atomic E-state index is 2.22. The van der Waals surface area contributed by atoms with Crippen LogP contribution in [0.5, 0.6) is 0 Å². The van der Waals surface area contributed by atoms with Crippen LogP contribution >= 0.6 is 0 Å². The minimum absolute atomic E-state index is 0. The molecule has 0 saturated heterocycles. The SMILES string of the molecule is C[c-]1cccc1C(C)C.C[c-]1cccc1C(C)C.C[c-]1cccc1C(C)C.[Y+3]. The molecule has 0 saturated carbocycles. The van der Waals surface area contributed by atoms with E-state index in [4.69, 9.17) is 0 Å². The Morgan fingerprint density at radius 3 is 0.786 bits per heavy atom. The fourth-order valence-electron chi connectivity index (χ4n) is 3.51. The molecule has 0 aliphatic heterocycles. The maximum Gasteiger partial charge on any atom is 3.00 e. The summed E-state index contributed by atoms with van der Waals surface area (Å²) in [5.74, 6) is 2.04. The van der Waals surface area contributed by atoms with Gasteiger partial charge in [-0.15, -0.1) is 0 Å². The first-order valence-electron chi connectivity index (χ1n) is 10.3. The van der Waals surface area contributed by atoms with Crippen molar-refractivity contribution < 1.29 is 32.7 Å². The van der Waals surface area contributed by atoms with Crippen molar-refractivity contribution in [2.75, 3.05) is 0 Å². The average Bonchev–Trinajstić information content (AvgIpc) is 3.29. The summed E-state index contributed by atoms with van der Waals surface area (Å²) in [4.78, 5) is 0. The molecule has 0 N–H and O–H groups in total. The number of aryl methyl sites for hydroxylation is 3. The van der Waals surface area contributed by atoms with E-state index in [2.05, 4.69) is 117 Å². The van der Waals surface area contributed by atoms with Crippen LogP contribution in [0.1, 0.15) is 92.7 Å². The van der Waals surface area contributed by atoms with Crippen LogP contribution < -0.4 is 0 Å². The van der Waals surface area contributed by atoms with Gasteiger partial charge in [0.05, 0.1) is 0 Å². The summed E-state index contributed by atoms with van der Waals surface area (Å²) >= 11 is 0. The molecule has 3 rings (SSSR count). The predicted molar refractivity (Wildman–Crippen MR) is 123 cm³/mol. The molecule has 0 amide bonds. The first-order chi connectivity index (χ1) is 12.6. The van der Waals surface area contributed by atoms with Gasteiger partial charge in [-0.25, -0.2) is 36.4 Å². The zero-order valence-corrected chi connectivity index (χ0v) is 22.3. The van der Waals surface area contributed by atoms with Crippen molar-refractivity contribution in [3.63, 3.8) is 0 Å². The van der Waals surface area contributed by atoms with Gasteiger partial charge in [0.25, 0.3) is 0 Å². The Labute approximate surface area is 199 Å². The predicted octanol–water partition coefficient (Wildman–Crippen LogP) is 8.51. The molecule has 0 atom stereocenters. The van der Waals surface area contributed by atoms with E-state index in [1.165, 1.54) is 33.4 Å². The van der Waals surface area contributed by atoms with Crippen LogP contribution in [0, 0.1) is 20.8 Å². The van der Waals surface area contributed by atoms with E-state index in [1.807, 2.05) is 0 Å². The van der Waals surface area contributed by atoms with Gasteiger partial charge in [0.15, 0.2) is 0 Å². The molecule has 0 radical (unpaired) electrons. The third-order valence-electron chi connectivity index (χ3n) is 5.10. The molecule has 0 aromatic heterocycles. The average molecular weight is 453 g/mol. The van der Waals surface area contributed by atoms with Crippen LogP contribution in [0.15, 0.2) is 54.6 Å². The molecule has 0 aliphatic rings. The Morgan fingerprint density at radius 2 is 0.714 bits per heavy atom. The summed E-state index contributed by atoms with van der Waals surface area (Å²) in [6.45, 7) is 19.8. The van der Waals surface area contributed by atoms with Crippen molar-refractivity contribution in [3.05, 3.63) is 88.0 Å². The Kier molecular flexibility index (Phi) is 13.0. The van der Waals surface area contributed by atoms with Crippen LogP contribution in [0.2, 0.25) is 0 Å². The molecule has 3 aromatic carbocycles. The second kappa shape index (κ2) is 13.4. The summed E-state index contributed by atoms with van der Waals surface area (Å²) < 4.78 is 0. The van der Waals surface area contributed by atoms with Crippen molar-refractivity contribution in [3.8, 4) is 0 Å². The third kappa shape index (κ3) is 8.66. The van der Waals surface area contributed by atoms with Gasteiger partial charge >= 0.3 is 32.7 Å². The van der Waals surface area contributed by atoms with Crippen molar-refractivity contribution in [1.82, 2.24) is 0 Å². The molecule has 0 bridgehead atoms. The minimum atomic E-state index is 0. The number of hydrogen-bond acceptors (Lipinski definition) is 0. The van der Waals surface area contributed by atoms with E-state index in [-0.39, 0.29) is 32.7 Å². The molecule has 0 aliphatic carbocycles. The van der Waals surface area contributed by atoms with Gasteiger partial charge in [-0.05, 0) is 17.8 Å². The van der Waals surface area contributed by atoms with Gasteiger partial charge in [0.1, 0.15) is 0 Å². The van der Waals surface area contributed by atoms with Crippen molar-refractivity contribution in [1.29, 1.82) is 0 Å². The fraction of sp³-hybridized carbons (Fsp3) is 0.444. The van der Waals surface area contributed by atoms with E-state index in [9.17, 15) is 0 Å². The number of hydrogen-bond donors (Lipinski definition) is 0. The van der Waals surface area contributed by atoms with Crippen LogP contribution in [-0.4, -0.2) is 0 Å². The Balaban J connectivity index is 0.000000384. The zero-order valence-electron chi connectivity index (χ0n) is 19.5. The van der Waals surface area contributed by atoms with E-state index >= 15 is 0 Å². The zero-order chi connectivity index (χ0) is 20.6. The van der Waals surface area contributed by atoms with E-state index in [0.29, 0.717) is 17.8 Å². The standard InChI is InChI=1S/3C9H13.Y/c3*1-7(2)9-6-4-5-8(9)3;/h3*4-7H,1-3H3;/q3*-1;+3. The summed E-state index contributed by atoms with van der Waals surface area (Å²) in [5, 5.41) is 0. The molecule has 150 valence electrons. The molecular weight excluding hydrogens is 413 g/mol. The molecule has 0 fully saturated rings. The van der Waals surface area contributed by atoms with Crippen molar-refractivity contribution >= 4 is 0 Å². The van der Waals surface area contributed by atoms with Gasteiger partial charge in [0.2, 0.25) is 0 Å². The van der Waals surface area contributed by atoms with Gasteiger partial charge in [-0.1, -0.05) is 62.3 Å². The van der Waals surface area contributed by atoms with Gasteiger partial charge in [-0.2, -0.15) is 51.6 Å². The third-order valence-corrected chi connectivity index (χ3v) is 5.10. The summed E-state index contributed by atoms with van der Waals surface area (Å²) in [6.07, 6.45) is 0. The van der Waals surface area contributed by atoms with E-state index < -0.39 is 0 Å². The molecular formula is C27H39Y. The molecule has 3 aromatic rings. The summed E-state index contributed by atoms with van der Waals surface area (Å²) in [5.41, 5.74) is 8.71. The van der Waals surface area contributed by atoms with E-state index in [1.54, 1.807) is 0 Å². The van der Waals surface area contributed by atoms with E-state index in [0.717, 1.165) is 0 Å². The normalized spacial score (nSPS) is 10.3. The topological polar surface area (TPSA) is 0 Å². The van der Waals surface area contributed by atoms with Crippen LogP contribution in [0.3, 0.4) is 0 Å². The quantitative estimate of drug-likeness (QED) is 0.350. The monoisotopic (exact) mass is 452 g/mol. The maximum atomic E-state index is 2.22. The molecule has 28 heavy (non-hydrogen) atoms. The number of rotatable bonds is 3. The van der Waals surface area contributed by atoms with Crippen molar-refractivity contribution in [2.24, 2.45) is 0 Å². The largest absolute Gasteiger partial charge is 3.00 e. The Morgan fingerprint density at radius 1 is 0.500 bits per heavy atom. The van der Waals surface area contributed by atoms with Gasteiger partial charge in [0, 0.05) is 0 Å². The second-order valence-electron chi connectivity index (χ2n) is 8.46. The molecule has 0 nitrogen and oxygen atoms in total. The summed E-state index contributed by atoms with van der Waals surface area (Å²) in [7, 11) is 0. The first-order valence-corrected chi connectivity index (χ1v) is 10.3. The van der Waals surface area contributed by atoms with Crippen LogP contribution in [0.25, 0.3) is 0 Å². The van der Waals surface area contributed by atoms with Crippen molar-refractivity contribution in [2.45, 2.75) is 80.1 Å². The molecule has 0 heterocycles. The van der Waals surface area contributed by atoms with Crippen LogP contribution in [0.4, 0.5) is 0 Å². The molecule has 1 heteroatoms. The molecule has 0 spiro atoms. The minimum Gasteiger partial charge on any atom is -0.213 e. The smallest absolute Gasteiger partial charge is 0.213 e.